The third-order valence-electron chi connectivity index (χ3n) is 8.19. The van der Waals surface area contributed by atoms with Crippen LogP contribution in [0.5, 0.6) is 5.75 Å². The highest BCUT2D eigenvalue weighted by atomic mass is 28.4. The molecule has 0 aromatic carbocycles. The number of hydrogen-bond donors (Lipinski definition) is 0. The molecule has 0 unspecified atom stereocenters. The van der Waals surface area contributed by atoms with E-state index in [9.17, 15) is 4.79 Å². The first-order valence-corrected chi connectivity index (χ1v) is 16.8. The van der Waals surface area contributed by atoms with Crippen molar-refractivity contribution in [3.05, 3.63) is 24.0 Å². The lowest BCUT2D eigenvalue weighted by Crippen LogP contribution is -2.42. The van der Waals surface area contributed by atoms with Crippen LogP contribution in [0.4, 0.5) is 4.79 Å². The van der Waals surface area contributed by atoms with Gasteiger partial charge in [-0.25, -0.2) is 4.79 Å². The number of nitrogens with zero attached hydrogens (tertiary/aromatic N) is 2. The molecule has 6 nitrogen and oxygen atoms in total. The van der Waals surface area contributed by atoms with E-state index >= 15 is 0 Å². The highest BCUT2D eigenvalue weighted by molar-refractivity contribution is 6.74. The Balaban J connectivity index is 1.44. The molecule has 1 amide bonds. The van der Waals surface area contributed by atoms with Crippen molar-refractivity contribution in [2.45, 2.75) is 116 Å². The molecule has 1 saturated heterocycles. The van der Waals surface area contributed by atoms with Crippen LogP contribution in [0.1, 0.15) is 85.6 Å². The molecule has 0 radical (unpaired) electrons. The highest BCUT2D eigenvalue weighted by Gasteiger charge is 2.38. The van der Waals surface area contributed by atoms with E-state index in [4.69, 9.17) is 13.9 Å². The molecule has 36 heavy (non-hydrogen) atoms. The highest BCUT2D eigenvalue weighted by Crippen LogP contribution is 2.38. The Morgan fingerprint density at radius 1 is 1.00 bits per heavy atom. The second-order valence-corrected chi connectivity index (χ2v) is 18.3. The molecule has 1 aromatic rings. The number of likely N-dealkylation sites (tertiary alicyclic amines) is 1. The van der Waals surface area contributed by atoms with Crippen LogP contribution in [-0.4, -0.2) is 55.7 Å². The Hall–Kier alpha value is -1.60. The maximum absolute atomic E-state index is 12.5. The van der Waals surface area contributed by atoms with Gasteiger partial charge in [0.25, 0.3) is 0 Å². The fourth-order valence-electron chi connectivity index (χ4n) is 4.89. The summed E-state index contributed by atoms with van der Waals surface area (Å²) in [7, 11) is -1.66. The fourth-order valence-corrected chi connectivity index (χ4v) is 5.98. The minimum atomic E-state index is -1.66. The minimum absolute atomic E-state index is 0.0484. The molecule has 2 heterocycles. The van der Waals surface area contributed by atoms with Gasteiger partial charge in [0.1, 0.15) is 18.0 Å². The van der Waals surface area contributed by atoms with Gasteiger partial charge in [-0.05, 0) is 107 Å². The summed E-state index contributed by atoms with van der Waals surface area (Å²) in [5.74, 6) is 2.19. The van der Waals surface area contributed by atoms with Gasteiger partial charge < -0.3 is 18.8 Å². The number of rotatable bonds is 8. The third kappa shape index (κ3) is 8.47. The first-order valence-electron chi connectivity index (χ1n) is 13.9. The minimum Gasteiger partial charge on any atom is -0.490 e. The van der Waals surface area contributed by atoms with Crippen molar-refractivity contribution in [3.8, 4) is 5.75 Å². The Bertz CT molecular complexity index is 854. The quantitative estimate of drug-likeness (QED) is 0.340. The zero-order valence-electron chi connectivity index (χ0n) is 24.1. The van der Waals surface area contributed by atoms with Gasteiger partial charge in [-0.2, -0.15) is 0 Å². The summed E-state index contributed by atoms with van der Waals surface area (Å²) in [6, 6.07) is 2.18. The molecule has 7 heteroatoms. The predicted molar refractivity (Wildman–Crippen MR) is 148 cm³/mol. The number of carbonyl (C=O) groups excluding carboxylic acids is 1. The van der Waals surface area contributed by atoms with Gasteiger partial charge in [0.15, 0.2) is 8.32 Å². The van der Waals surface area contributed by atoms with Crippen LogP contribution in [0.3, 0.4) is 0 Å². The normalized spacial score (nSPS) is 23.6. The van der Waals surface area contributed by atoms with Crippen molar-refractivity contribution in [2.24, 2.45) is 11.8 Å². The topological polar surface area (TPSA) is 60.9 Å². The van der Waals surface area contributed by atoms with Crippen molar-refractivity contribution in [2.75, 3.05) is 19.8 Å². The van der Waals surface area contributed by atoms with Crippen LogP contribution in [0, 0.1) is 11.8 Å². The van der Waals surface area contributed by atoms with Crippen LogP contribution in [0.15, 0.2) is 18.5 Å². The molecule has 2 fully saturated rings. The summed E-state index contributed by atoms with van der Waals surface area (Å²) in [6.45, 7) is 19.5. The van der Waals surface area contributed by atoms with Crippen LogP contribution in [0.25, 0.3) is 0 Å². The molecule has 1 saturated carbocycles. The van der Waals surface area contributed by atoms with E-state index in [2.05, 4.69) is 44.9 Å². The molecule has 1 aliphatic heterocycles. The zero-order chi connectivity index (χ0) is 26.6. The van der Waals surface area contributed by atoms with Crippen LogP contribution in [0.2, 0.25) is 18.1 Å². The molecule has 3 rings (SSSR count). The molecule has 0 bridgehead atoms. The lowest BCUT2D eigenvalue weighted by atomic mass is 9.80. The monoisotopic (exact) mass is 518 g/mol. The van der Waals surface area contributed by atoms with Gasteiger partial charge in [-0.15, -0.1) is 0 Å². The molecule has 1 aromatic heterocycles. The van der Waals surface area contributed by atoms with Crippen molar-refractivity contribution in [3.63, 3.8) is 0 Å². The first kappa shape index (κ1) is 29.0. The van der Waals surface area contributed by atoms with Gasteiger partial charge in [-0.1, -0.05) is 20.8 Å². The summed E-state index contributed by atoms with van der Waals surface area (Å²) in [5.41, 5.74) is 0.754. The molecule has 1 atom stereocenters. The number of ether oxygens (including phenoxy) is 2. The Labute approximate surface area is 220 Å². The average molecular weight is 519 g/mol. The van der Waals surface area contributed by atoms with Gasteiger partial charge in [-0.3, -0.25) is 4.98 Å². The van der Waals surface area contributed by atoms with E-state index in [0.717, 1.165) is 38.2 Å². The average Bonchev–Trinajstić information content (AvgIpc) is 3.25. The zero-order valence-corrected chi connectivity index (χ0v) is 25.1. The maximum atomic E-state index is 12.5. The van der Waals surface area contributed by atoms with Gasteiger partial charge in [0.2, 0.25) is 0 Å². The van der Waals surface area contributed by atoms with E-state index < -0.39 is 13.9 Å². The van der Waals surface area contributed by atoms with E-state index in [1.807, 2.05) is 31.9 Å². The van der Waals surface area contributed by atoms with E-state index in [-0.39, 0.29) is 17.2 Å². The maximum Gasteiger partial charge on any atom is 0.410 e. The number of hydrogen-bond acceptors (Lipinski definition) is 5. The number of carbonyl (C=O) groups is 1. The number of amides is 1. The van der Waals surface area contributed by atoms with Crippen molar-refractivity contribution in [1.82, 2.24) is 9.88 Å². The Morgan fingerprint density at radius 2 is 1.67 bits per heavy atom. The van der Waals surface area contributed by atoms with E-state index in [1.54, 1.807) is 6.20 Å². The lowest BCUT2D eigenvalue weighted by molar-refractivity contribution is 0.0187. The van der Waals surface area contributed by atoms with Gasteiger partial charge in [0.05, 0.1) is 12.2 Å². The molecule has 0 N–H and O–H groups in total. The summed E-state index contributed by atoms with van der Waals surface area (Å²) in [5, 5.41) is 0.274. The molecule has 204 valence electrons. The first-order chi connectivity index (χ1) is 16.7. The van der Waals surface area contributed by atoms with Crippen molar-refractivity contribution in [1.29, 1.82) is 0 Å². The fraction of sp³-hybridized carbons (Fsp3) is 0.793. The van der Waals surface area contributed by atoms with Crippen LogP contribution >= 0.6 is 0 Å². The summed E-state index contributed by atoms with van der Waals surface area (Å²) < 4.78 is 18.2. The summed E-state index contributed by atoms with van der Waals surface area (Å²) in [6.07, 6.45) is 11.5. The molecule has 1 aliphatic carbocycles. The second kappa shape index (κ2) is 11.8. The Kier molecular flexibility index (Phi) is 9.53. The number of pyridine rings is 1. The van der Waals surface area contributed by atoms with Gasteiger partial charge >= 0.3 is 6.09 Å². The van der Waals surface area contributed by atoms with Gasteiger partial charge in [0, 0.05) is 19.3 Å². The second-order valence-electron chi connectivity index (χ2n) is 13.5. The summed E-state index contributed by atoms with van der Waals surface area (Å²) in [4.78, 5) is 18.8. The Morgan fingerprint density at radius 3 is 2.31 bits per heavy atom. The van der Waals surface area contributed by atoms with E-state index in [1.165, 1.54) is 31.2 Å². The SMILES string of the molecule is CC(C)(C)OC(=O)N1CCC[C@H]1COc1cncc(CC2CCC(CO[Si](C)(C)C(C)(C)C)CC2)c1. The largest absolute Gasteiger partial charge is 0.490 e. The summed E-state index contributed by atoms with van der Waals surface area (Å²) >= 11 is 0. The molecule has 2 aliphatic rings. The number of aromatic nitrogens is 1. The smallest absolute Gasteiger partial charge is 0.410 e. The molecule has 0 spiro atoms. The van der Waals surface area contributed by atoms with Crippen LogP contribution < -0.4 is 4.74 Å². The van der Waals surface area contributed by atoms with Crippen molar-refractivity contribution >= 4 is 14.4 Å². The predicted octanol–water partition coefficient (Wildman–Crippen LogP) is 7.23. The lowest BCUT2D eigenvalue weighted by Gasteiger charge is -2.38. The standard InChI is InChI=1S/C29H50N2O4Si/c1-28(2,3)35-27(32)31-15-9-10-25(31)21-33-26-17-24(18-30-19-26)16-22-11-13-23(14-12-22)20-34-36(7,8)29(4,5)6/h17-19,22-23,25H,9-16,20-21H2,1-8H3/t22?,23?,25-/m0/s1. The molecular weight excluding hydrogens is 468 g/mol. The van der Waals surface area contributed by atoms with Crippen molar-refractivity contribution < 1.29 is 18.7 Å². The van der Waals surface area contributed by atoms with E-state index in [0.29, 0.717) is 18.4 Å². The molecular formula is C29H50N2O4Si. The third-order valence-corrected chi connectivity index (χ3v) is 12.7. The van der Waals surface area contributed by atoms with Crippen LogP contribution in [-0.2, 0) is 15.6 Å².